The van der Waals surface area contributed by atoms with Gasteiger partial charge in [0.2, 0.25) is 0 Å². The predicted molar refractivity (Wildman–Crippen MR) is 93.6 cm³/mol. The highest BCUT2D eigenvalue weighted by Crippen LogP contribution is 2.39. The molecule has 108 valence electrons. The van der Waals surface area contributed by atoms with Gasteiger partial charge >= 0.3 is 0 Å². The molecule has 2 N–H and O–H groups in total. The number of hydrogen-bond acceptors (Lipinski definition) is 3. The maximum Gasteiger partial charge on any atom is 0.142 e. The van der Waals surface area contributed by atoms with Gasteiger partial charge in [-0.15, -0.1) is 0 Å². The molecule has 0 saturated carbocycles. The van der Waals surface area contributed by atoms with E-state index in [1.165, 1.54) is 0 Å². The van der Waals surface area contributed by atoms with Crippen LogP contribution in [0.25, 0.3) is 0 Å². The first-order valence-corrected chi connectivity index (χ1v) is 7.95. The van der Waals surface area contributed by atoms with Crippen LogP contribution in [-0.2, 0) is 0 Å². The molecule has 0 amide bonds. The molecular formula is C16H15BrN2OS. The van der Waals surface area contributed by atoms with Crippen molar-refractivity contribution in [1.29, 1.82) is 0 Å². The van der Waals surface area contributed by atoms with E-state index in [-0.39, 0.29) is 0 Å². The molecule has 0 unspecified atom stereocenters. The lowest BCUT2D eigenvalue weighted by Crippen LogP contribution is -2.18. The predicted octanol–water partition coefficient (Wildman–Crippen LogP) is 4.00. The number of nitrogens with zero attached hydrogens (tertiary/aromatic N) is 1. The summed E-state index contributed by atoms with van der Waals surface area (Å²) >= 11 is 8.66. The average Bonchev–Trinajstić information content (AvgIpc) is 2.69. The second-order valence-electron chi connectivity index (χ2n) is 4.85. The SMILES string of the molecule is NC(=S)c1ccc(N2CCCOc3ccccc32)c(Br)c1. The third-order valence-electron chi connectivity index (χ3n) is 3.46. The fraction of sp³-hybridized carbons (Fsp3) is 0.188. The topological polar surface area (TPSA) is 38.5 Å². The Morgan fingerprint density at radius 3 is 2.76 bits per heavy atom. The number of anilines is 2. The van der Waals surface area contributed by atoms with Gasteiger partial charge in [0, 0.05) is 16.6 Å². The molecule has 5 heteroatoms. The maximum absolute atomic E-state index is 5.80. The Bertz CT molecular complexity index is 690. The number of hydrogen-bond donors (Lipinski definition) is 1. The van der Waals surface area contributed by atoms with Gasteiger partial charge in [-0.1, -0.05) is 24.4 Å². The summed E-state index contributed by atoms with van der Waals surface area (Å²) in [6.07, 6.45) is 0.970. The Balaban J connectivity index is 2.06. The van der Waals surface area contributed by atoms with Crippen LogP contribution in [0.2, 0.25) is 0 Å². The highest BCUT2D eigenvalue weighted by atomic mass is 79.9. The standard InChI is InChI=1S/C16H15BrN2OS/c17-12-10-11(16(18)21)6-7-13(12)19-8-3-9-20-15-5-2-1-4-14(15)19/h1-2,4-7,10H,3,8-9H2,(H2,18,21). The third-order valence-corrected chi connectivity index (χ3v) is 4.33. The zero-order chi connectivity index (χ0) is 14.8. The second-order valence-corrected chi connectivity index (χ2v) is 6.15. The van der Waals surface area contributed by atoms with E-state index in [2.05, 4.69) is 26.9 Å². The fourth-order valence-electron chi connectivity index (χ4n) is 2.46. The molecule has 0 spiro atoms. The van der Waals surface area contributed by atoms with Crippen molar-refractivity contribution in [2.24, 2.45) is 5.73 Å². The molecule has 0 saturated heterocycles. The third kappa shape index (κ3) is 2.89. The Morgan fingerprint density at radius 2 is 2.00 bits per heavy atom. The Labute approximate surface area is 137 Å². The van der Waals surface area contributed by atoms with Crippen molar-refractivity contribution in [2.75, 3.05) is 18.1 Å². The van der Waals surface area contributed by atoms with Crippen LogP contribution in [0.3, 0.4) is 0 Å². The smallest absolute Gasteiger partial charge is 0.142 e. The highest BCUT2D eigenvalue weighted by Gasteiger charge is 2.19. The first-order valence-electron chi connectivity index (χ1n) is 6.75. The van der Waals surface area contributed by atoms with Crippen LogP contribution in [0.15, 0.2) is 46.9 Å². The largest absolute Gasteiger partial charge is 0.491 e. The minimum atomic E-state index is 0.404. The van der Waals surface area contributed by atoms with E-state index >= 15 is 0 Å². The number of halogens is 1. The number of thiocarbonyl (C=S) groups is 1. The van der Waals surface area contributed by atoms with Crippen molar-refractivity contribution < 1.29 is 4.74 Å². The van der Waals surface area contributed by atoms with Crippen molar-refractivity contribution in [1.82, 2.24) is 0 Å². The van der Waals surface area contributed by atoms with Gasteiger partial charge < -0.3 is 15.4 Å². The fourth-order valence-corrected chi connectivity index (χ4v) is 3.18. The van der Waals surface area contributed by atoms with Gasteiger partial charge in [-0.05, 0) is 52.7 Å². The van der Waals surface area contributed by atoms with Gasteiger partial charge in [0.05, 0.1) is 18.0 Å². The highest BCUT2D eigenvalue weighted by molar-refractivity contribution is 9.10. The zero-order valence-electron chi connectivity index (χ0n) is 11.4. The lowest BCUT2D eigenvalue weighted by Gasteiger charge is -2.25. The molecule has 1 heterocycles. The summed E-state index contributed by atoms with van der Waals surface area (Å²) in [5.41, 5.74) is 8.72. The minimum Gasteiger partial charge on any atom is -0.491 e. The number of fused-ring (bicyclic) bond motifs is 1. The zero-order valence-corrected chi connectivity index (χ0v) is 13.8. The Morgan fingerprint density at radius 1 is 1.19 bits per heavy atom. The van der Waals surface area contributed by atoms with Crippen LogP contribution in [0.1, 0.15) is 12.0 Å². The molecule has 0 atom stereocenters. The number of benzene rings is 2. The van der Waals surface area contributed by atoms with E-state index in [0.29, 0.717) is 4.99 Å². The second kappa shape index (κ2) is 6.03. The van der Waals surface area contributed by atoms with Crippen molar-refractivity contribution in [3.8, 4) is 5.75 Å². The molecule has 0 fully saturated rings. The molecule has 2 aromatic carbocycles. The van der Waals surface area contributed by atoms with Gasteiger partial charge in [0.15, 0.2) is 0 Å². The summed E-state index contributed by atoms with van der Waals surface area (Å²) in [6, 6.07) is 14.1. The molecule has 3 nitrogen and oxygen atoms in total. The maximum atomic E-state index is 5.80. The number of nitrogens with two attached hydrogens (primary N) is 1. The monoisotopic (exact) mass is 362 g/mol. The van der Waals surface area contributed by atoms with E-state index < -0.39 is 0 Å². The van der Waals surface area contributed by atoms with Crippen LogP contribution in [0.5, 0.6) is 5.75 Å². The average molecular weight is 363 g/mol. The van der Waals surface area contributed by atoms with Crippen LogP contribution in [-0.4, -0.2) is 18.1 Å². The van der Waals surface area contributed by atoms with Gasteiger partial charge in [-0.2, -0.15) is 0 Å². The van der Waals surface area contributed by atoms with E-state index in [1.54, 1.807) is 0 Å². The van der Waals surface area contributed by atoms with E-state index in [4.69, 9.17) is 22.7 Å². The Kier molecular flexibility index (Phi) is 4.12. The van der Waals surface area contributed by atoms with Gasteiger partial charge in [-0.25, -0.2) is 0 Å². The molecule has 1 aliphatic heterocycles. The van der Waals surface area contributed by atoms with Gasteiger partial charge in [0.25, 0.3) is 0 Å². The summed E-state index contributed by atoms with van der Waals surface area (Å²) < 4.78 is 6.78. The van der Waals surface area contributed by atoms with Crippen LogP contribution in [0, 0.1) is 0 Å². The summed E-state index contributed by atoms with van der Waals surface area (Å²) in [5.74, 6) is 0.917. The number of ether oxygens (including phenoxy) is 1. The summed E-state index contributed by atoms with van der Waals surface area (Å²) in [7, 11) is 0. The lowest BCUT2D eigenvalue weighted by molar-refractivity contribution is 0.322. The molecule has 2 aromatic rings. The number of rotatable bonds is 2. The summed E-state index contributed by atoms with van der Waals surface area (Å²) in [6.45, 7) is 1.64. The van der Waals surface area contributed by atoms with Gasteiger partial charge in [0.1, 0.15) is 10.7 Å². The van der Waals surface area contributed by atoms with Crippen molar-refractivity contribution in [3.05, 3.63) is 52.5 Å². The van der Waals surface area contributed by atoms with Crippen LogP contribution in [0.4, 0.5) is 11.4 Å². The van der Waals surface area contributed by atoms with E-state index in [0.717, 1.165) is 46.7 Å². The molecule has 0 bridgehead atoms. The molecule has 0 aromatic heterocycles. The normalized spacial score (nSPS) is 14.0. The molecule has 3 rings (SSSR count). The van der Waals surface area contributed by atoms with Crippen molar-refractivity contribution >= 4 is 44.5 Å². The Hall–Kier alpha value is -1.59. The van der Waals surface area contributed by atoms with Crippen molar-refractivity contribution in [3.63, 3.8) is 0 Å². The van der Waals surface area contributed by atoms with Crippen molar-refractivity contribution in [2.45, 2.75) is 6.42 Å². The van der Waals surface area contributed by atoms with E-state index in [1.807, 2.05) is 36.4 Å². The molecular weight excluding hydrogens is 348 g/mol. The molecule has 1 aliphatic rings. The lowest BCUT2D eigenvalue weighted by atomic mass is 10.1. The molecule has 21 heavy (non-hydrogen) atoms. The molecule has 0 aliphatic carbocycles. The summed E-state index contributed by atoms with van der Waals surface area (Å²) in [4.78, 5) is 2.66. The first-order chi connectivity index (χ1) is 10.2. The van der Waals surface area contributed by atoms with Crippen LogP contribution < -0.4 is 15.4 Å². The minimum absolute atomic E-state index is 0.404. The van der Waals surface area contributed by atoms with Gasteiger partial charge in [-0.3, -0.25) is 0 Å². The summed E-state index contributed by atoms with van der Waals surface area (Å²) in [5, 5.41) is 0. The molecule has 0 radical (unpaired) electrons. The quantitative estimate of drug-likeness (QED) is 0.819. The number of para-hydroxylation sites is 2. The first kappa shape index (κ1) is 14.4. The van der Waals surface area contributed by atoms with E-state index in [9.17, 15) is 0 Å². The van der Waals surface area contributed by atoms with Crippen LogP contribution >= 0.6 is 28.1 Å².